The molecule has 118 valence electrons. The molecule has 0 amide bonds. The van der Waals surface area contributed by atoms with Crippen LogP contribution in [-0.2, 0) is 28.6 Å². The Balaban J connectivity index is 4.79. The minimum Gasteiger partial charge on any atom is -0.194 e. The van der Waals surface area contributed by atoms with Crippen LogP contribution in [0.25, 0.3) is 0 Å². The molecule has 0 N–H and O–H groups in total. The lowest BCUT2D eigenvalue weighted by Gasteiger charge is -2.04. The molecule has 0 aromatic rings. The molecular weight excluding hydrogens is 346 g/mol. The zero-order valence-corrected chi connectivity index (χ0v) is 10.5. The number of hydrogen-bond acceptors (Lipinski definition) is 6. The van der Waals surface area contributed by atoms with Crippen molar-refractivity contribution in [3.8, 4) is 0 Å². The maximum atomic E-state index is 11.5. The number of rotatable bonds is 5. The molecule has 0 aliphatic heterocycles. The van der Waals surface area contributed by atoms with Gasteiger partial charge in [-0.1, -0.05) is 0 Å². The fourth-order valence-electron chi connectivity index (χ4n) is 0.602. The molecule has 14 heteroatoms. The van der Waals surface area contributed by atoms with E-state index in [-0.39, 0.29) is 23.0 Å². The van der Waals surface area contributed by atoms with E-state index in [1.807, 2.05) is 0 Å². The molecule has 0 rings (SSSR count). The van der Waals surface area contributed by atoms with Crippen molar-refractivity contribution in [2.75, 3.05) is 0 Å². The summed E-state index contributed by atoms with van der Waals surface area (Å²) in [7, 11) is -10.4. The van der Waals surface area contributed by atoms with Crippen LogP contribution >= 0.6 is 0 Å². The van der Waals surface area contributed by atoms with Crippen molar-refractivity contribution < 1.29 is 51.5 Å². The normalized spacial score (nSPS) is 15.3. The van der Waals surface area contributed by atoms with Crippen molar-refractivity contribution in [2.24, 2.45) is 0 Å². The maximum Gasteiger partial charge on any atom is 0.537 e. The second kappa shape index (κ2) is 6.11. The van der Waals surface area contributed by atoms with Gasteiger partial charge in [0.2, 0.25) is 0 Å². The van der Waals surface area contributed by atoms with Gasteiger partial charge in [0.15, 0.2) is 0 Å². The average Bonchev–Trinajstić information content (AvgIpc) is 2.04. The van der Waals surface area contributed by atoms with E-state index in [2.05, 4.69) is 8.37 Å². The van der Waals surface area contributed by atoms with Crippen molar-refractivity contribution in [1.82, 2.24) is 0 Å². The highest BCUT2D eigenvalue weighted by atomic mass is 32.2. The van der Waals surface area contributed by atoms with E-state index >= 15 is 0 Å². The van der Waals surface area contributed by atoms with Crippen LogP contribution in [0.15, 0.2) is 23.0 Å². The highest BCUT2D eigenvalue weighted by Gasteiger charge is 2.36. The van der Waals surface area contributed by atoms with Gasteiger partial charge in [0.05, 0.1) is 10.8 Å². The summed E-state index contributed by atoms with van der Waals surface area (Å²) in [5, 5.41) is -0.444. The zero-order chi connectivity index (χ0) is 16.2. The first-order valence-corrected chi connectivity index (χ1v) is 6.96. The molecule has 0 spiro atoms. The third kappa shape index (κ3) is 10.8. The fourth-order valence-corrected chi connectivity index (χ4v) is 1.81. The second-order valence-electron chi connectivity index (χ2n) is 2.70. The molecule has 0 unspecified atom stereocenters. The summed E-state index contributed by atoms with van der Waals surface area (Å²) in [6, 6.07) is 0. The first-order valence-electron chi connectivity index (χ1n) is 4.01. The summed E-state index contributed by atoms with van der Waals surface area (Å²) in [4.78, 5) is 0. The van der Waals surface area contributed by atoms with Crippen LogP contribution in [0.3, 0.4) is 0 Å². The summed E-state index contributed by atoms with van der Waals surface area (Å²) in [6.45, 7) is 0. The summed E-state index contributed by atoms with van der Waals surface area (Å²) in [5.74, 6) is 0. The number of alkyl halides is 6. The van der Waals surface area contributed by atoms with Crippen molar-refractivity contribution in [3.05, 3.63) is 23.0 Å². The Bertz CT molecular complexity index is 526. The van der Waals surface area contributed by atoms with Gasteiger partial charge in [-0.05, 0) is 12.2 Å². The molecule has 0 bridgehead atoms. The fraction of sp³-hybridized carbons (Fsp3) is 0.333. The summed E-state index contributed by atoms with van der Waals surface area (Å²) in [5.41, 5.74) is 0. The van der Waals surface area contributed by atoms with Gasteiger partial charge in [-0.25, -0.2) is 0 Å². The van der Waals surface area contributed by atoms with Crippen LogP contribution < -0.4 is 0 Å². The van der Waals surface area contributed by atoms with E-state index in [1.165, 1.54) is 0 Å². The predicted octanol–water partition coefficient (Wildman–Crippen LogP) is 1.75. The van der Waals surface area contributed by atoms with Crippen molar-refractivity contribution >= 4 is 20.2 Å². The molecule has 0 saturated carbocycles. The zero-order valence-electron chi connectivity index (χ0n) is 8.84. The quantitative estimate of drug-likeness (QED) is 0.427. The van der Waals surface area contributed by atoms with Crippen LogP contribution in [0.4, 0.5) is 26.3 Å². The molecule has 6 nitrogen and oxygen atoms in total. The molecule has 0 fully saturated rings. The van der Waals surface area contributed by atoms with Gasteiger partial charge in [0, 0.05) is 0 Å². The Morgan fingerprint density at radius 2 is 0.900 bits per heavy atom. The second-order valence-corrected chi connectivity index (χ2v) is 5.55. The van der Waals surface area contributed by atoms with E-state index in [0.29, 0.717) is 0 Å². The molecular formula is C6H4F6O6S2. The minimum absolute atomic E-state index is 0.193. The van der Waals surface area contributed by atoms with Gasteiger partial charge in [0.25, 0.3) is 20.2 Å². The summed E-state index contributed by atoms with van der Waals surface area (Å²) in [6.07, 6.45) is -10.6. The highest BCUT2D eigenvalue weighted by molar-refractivity contribution is 7.90. The molecule has 20 heavy (non-hydrogen) atoms. The number of allylic oxidation sites excluding steroid dienone is 2. The van der Waals surface area contributed by atoms with Gasteiger partial charge in [-0.15, -0.1) is 26.3 Å². The lowest BCUT2D eigenvalue weighted by molar-refractivity contribution is -0.272. The highest BCUT2D eigenvalue weighted by Crippen LogP contribution is 2.21. The minimum atomic E-state index is -5.50. The molecule has 0 aromatic carbocycles. The van der Waals surface area contributed by atoms with Crippen molar-refractivity contribution in [3.63, 3.8) is 0 Å². The third-order valence-electron chi connectivity index (χ3n) is 1.02. The molecule has 0 atom stereocenters. The SMILES string of the molecule is O=S(=O)(C=CC=CS(=O)(=O)OC(F)(F)F)OC(F)(F)F. The Morgan fingerprint density at radius 3 is 1.10 bits per heavy atom. The Labute approximate surface area is 108 Å². The summed E-state index contributed by atoms with van der Waals surface area (Å²) < 4.78 is 117. The molecule has 0 radical (unpaired) electrons. The van der Waals surface area contributed by atoms with Crippen LogP contribution in [0.2, 0.25) is 0 Å². The van der Waals surface area contributed by atoms with Crippen LogP contribution in [0.1, 0.15) is 0 Å². The Hall–Kier alpha value is -1.12. The molecule has 0 aliphatic rings. The topological polar surface area (TPSA) is 86.7 Å². The smallest absolute Gasteiger partial charge is 0.194 e. The first kappa shape index (κ1) is 18.9. The van der Waals surface area contributed by atoms with E-state index in [1.54, 1.807) is 0 Å². The first-order chi connectivity index (χ1) is 8.62. The predicted molar refractivity (Wildman–Crippen MR) is 50.4 cm³/mol. The average molecular weight is 350 g/mol. The standard InChI is InChI=1S/C6H4F6O6S2/c7-5(8,9)17-19(13,14)3-1-2-4-20(15,16)18-6(10,11)12/h1-4H. The van der Waals surface area contributed by atoms with Gasteiger partial charge in [-0.3, -0.25) is 0 Å². The molecule has 0 saturated heterocycles. The molecule has 0 heterocycles. The lowest BCUT2D eigenvalue weighted by atomic mass is 10.6. The molecule has 0 aliphatic carbocycles. The van der Waals surface area contributed by atoms with Crippen LogP contribution in [-0.4, -0.2) is 29.6 Å². The number of halogens is 6. The monoisotopic (exact) mass is 350 g/mol. The lowest BCUT2D eigenvalue weighted by Crippen LogP contribution is -2.18. The van der Waals surface area contributed by atoms with Gasteiger partial charge in [0.1, 0.15) is 0 Å². The van der Waals surface area contributed by atoms with E-state index in [9.17, 15) is 43.2 Å². The van der Waals surface area contributed by atoms with Crippen LogP contribution in [0.5, 0.6) is 0 Å². The summed E-state index contributed by atoms with van der Waals surface area (Å²) >= 11 is 0. The van der Waals surface area contributed by atoms with Crippen molar-refractivity contribution in [2.45, 2.75) is 12.7 Å². The van der Waals surface area contributed by atoms with Gasteiger partial charge in [-0.2, -0.15) is 25.2 Å². The van der Waals surface area contributed by atoms with E-state index in [4.69, 9.17) is 0 Å². The molecule has 0 aromatic heterocycles. The largest absolute Gasteiger partial charge is 0.537 e. The van der Waals surface area contributed by atoms with Crippen molar-refractivity contribution in [1.29, 1.82) is 0 Å². The van der Waals surface area contributed by atoms with Gasteiger partial charge >= 0.3 is 12.7 Å². The maximum absolute atomic E-state index is 11.5. The van der Waals surface area contributed by atoms with E-state index in [0.717, 1.165) is 0 Å². The van der Waals surface area contributed by atoms with E-state index < -0.39 is 33.0 Å². The Morgan fingerprint density at radius 1 is 0.650 bits per heavy atom. The Kier molecular flexibility index (Phi) is 5.77. The third-order valence-corrected chi connectivity index (χ3v) is 2.85. The van der Waals surface area contributed by atoms with Crippen LogP contribution in [0, 0.1) is 0 Å². The van der Waals surface area contributed by atoms with Gasteiger partial charge < -0.3 is 0 Å². The number of hydrogen-bond donors (Lipinski definition) is 0.